The molecular weight excluding hydrogens is 238 g/mol. The molecule has 0 saturated carbocycles. The third-order valence-corrected chi connectivity index (χ3v) is 3.41. The van der Waals surface area contributed by atoms with Crippen LogP contribution in [0.5, 0.6) is 0 Å². The highest BCUT2D eigenvalue weighted by Crippen LogP contribution is 2.30. The van der Waals surface area contributed by atoms with Crippen LogP contribution in [-0.2, 0) is 0 Å². The van der Waals surface area contributed by atoms with Gasteiger partial charge in [-0.05, 0) is 31.9 Å². The Bertz CT molecular complexity index is 616. The number of hydrogen-bond donors (Lipinski definition) is 0. The van der Waals surface area contributed by atoms with Gasteiger partial charge < -0.3 is 9.32 Å². The zero-order chi connectivity index (χ0) is 13.2. The lowest BCUT2D eigenvalue weighted by atomic mass is 10.1. The molecule has 0 bridgehead atoms. The van der Waals surface area contributed by atoms with Gasteiger partial charge >= 0.3 is 0 Å². The van der Waals surface area contributed by atoms with Crippen LogP contribution in [0.15, 0.2) is 28.7 Å². The molecule has 2 heterocycles. The van der Waals surface area contributed by atoms with E-state index in [0.29, 0.717) is 17.5 Å². The summed E-state index contributed by atoms with van der Waals surface area (Å²) < 4.78 is 5.81. The van der Waals surface area contributed by atoms with E-state index < -0.39 is 0 Å². The molecular formula is C15H15N3O. The van der Waals surface area contributed by atoms with Crippen LogP contribution in [0.3, 0.4) is 0 Å². The summed E-state index contributed by atoms with van der Waals surface area (Å²) in [5.74, 6) is 1.15. The van der Waals surface area contributed by atoms with E-state index in [9.17, 15) is 5.26 Å². The maximum Gasteiger partial charge on any atom is 0.235 e. The van der Waals surface area contributed by atoms with Gasteiger partial charge in [0.15, 0.2) is 0 Å². The summed E-state index contributed by atoms with van der Waals surface area (Å²) in [7, 11) is 0. The highest BCUT2D eigenvalue weighted by molar-refractivity contribution is 5.60. The van der Waals surface area contributed by atoms with Crippen molar-refractivity contribution in [1.82, 2.24) is 4.98 Å². The third kappa shape index (κ3) is 2.19. The van der Waals surface area contributed by atoms with Gasteiger partial charge in [0.2, 0.25) is 17.5 Å². The first-order valence-corrected chi connectivity index (χ1v) is 6.51. The van der Waals surface area contributed by atoms with Gasteiger partial charge in [0.25, 0.3) is 0 Å². The number of rotatable bonds is 2. The third-order valence-electron chi connectivity index (χ3n) is 3.41. The molecule has 0 N–H and O–H groups in total. The van der Waals surface area contributed by atoms with Crippen LogP contribution in [-0.4, -0.2) is 18.1 Å². The minimum absolute atomic E-state index is 0.387. The Balaban J connectivity index is 1.99. The molecule has 1 saturated heterocycles. The first kappa shape index (κ1) is 11.8. The van der Waals surface area contributed by atoms with Crippen LogP contribution < -0.4 is 4.90 Å². The Morgan fingerprint density at radius 2 is 1.89 bits per heavy atom. The van der Waals surface area contributed by atoms with E-state index in [0.717, 1.165) is 31.5 Å². The molecule has 1 aromatic heterocycles. The van der Waals surface area contributed by atoms with Crippen molar-refractivity contribution < 1.29 is 4.42 Å². The number of anilines is 1. The summed E-state index contributed by atoms with van der Waals surface area (Å²) in [5.41, 5.74) is 2.49. The van der Waals surface area contributed by atoms with Gasteiger partial charge in [-0.2, -0.15) is 10.2 Å². The maximum absolute atomic E-state index is 9.18. The van der Waals surface area contributed by atoms with E-state index in [1.807, 2.05) is 31.2 Å². The van der Waals surface area contributed by atoms with Crippen molar-refractivity contribution in [2.24, 2.45) is 0 Å². The van der Waals surface area contributed by atoms with Crippen LogP contribution in [0.2, 0.25) is 0 Å². The second kappa shape index (κ2) is 4.77. The van der Waals surface area contributed by atoms with Gasteiger partial charge in [0.05, 0.1) is 0 Å². The molecule has 1 fully saturated rings. The van der Waals surface area contributed by atoms with Crippen LogP contribution >= 0.6 is 0 Å². The lowest BCUT2D eigenvalue weighted by Crippen LogP contribution is -2.17. The first-order chi connectivity index (χ1) is 9.28. The van der Waals surface area contributed by atoms with E-state index in [4.69, 9.17) is 4.42 Å². The van der Waals surface area contributed by atoms with Crippen LogP contribution in [0.1, 0.15) is 24.1 Å². The molecule has 0 atom stereocenters. The molecule has 1 aromatic carbocycles. The summed E-state index contributed by atoms with van der Waals surface area (Å²) in [4.78, 5) is 6.40. The number of nitriles is 1. The minimum atomic E-state index is 0.387. The van der Waals surface area contributed by atoms with E-state index >= 15 is 0 Å². The van der Waals surface area contributed by atoms with Crippen molar-refractivity contribution in [1.29, 1.82) is 5.26 Å². The molecule has 2 aromatic rings. The van der Waals surface area contributed by atoms with Gasteiger partial charge in [-0.25, -0.2) is 0 Å². The second-order valence-corrected chi connectivity index (χ2v) is 4.84. The smallest absolute Gasteiger partial charge is 0.235 e. The van der Waals surface area contributed by atoms with E-state index in [-0.39, 0.29) is 0 Å². The van der Waals surface area contributed by atoms with Crippen LogP contribution in [0.25, 0.3) is 11.5 Å². The van der Waals surface area contributed by atoms with E-state index in [1.54, 1.807) is 0 Å². The predicted octanol–water partition coefficient (Wildman–Crippen LogP) is 3.12. The highest BCUT2D eigenvalue weighted by atomic mass is 16.4. The highest BCUT2D eigenvalue weighted by Gasteiger charge is 2.22. The fourth-order valence-corrected chi connectivity index (χ4v) is 2.34. The Morgan fingerprint density at radius 1 is 1.21 bits per heavy atom. The Morgan fingerprint density at radius 3 is 2.53 bits per heavy atom. The largest absolute Gasteiger partial charge is 0.419 e. The molecule has 4 nitrogen and oxygen atoms in total. The number of aryl methyl sites for hydroxylation is 1. The summed E-state index contributed by atoms with van der Waals surface area (Å²) in [5, 5.41) is 9.18. The van der Waals surface area contributed by atoms with Crippen molar-refractivity contribution in [3.05, 3.63) is 35.5 Å². The molecule has 0 spiro atoms. The average molecular weight is 253 g/mol. The molecule has 0 radical (unpaired) electrons. The SMILES string of the molecule is Cc1ccc(-c2nc(C#N)c(N3CCCC3)o2)cc1. The molecule has 3 rings (SSSR count). The molecule has 1 aliphatic rings. The van der Waals surface area contributed by atoms with E-state index in [1.165, 1.54) is 5.56 Å². The normalized spacial score (nSPS) is 14.6. The number of oxazole rings is 1. The standard InChI is InChI=1S/C15H15N3O/c1-11-4-6-12(7-5-11)14-17-13(10-16)15(19-14)18-8-2-3-9-18/h4-7H,2-3,8-9H2,1H3. The molecule has 0 aliphatic carbocycles. The predicted molar refractivity (Wildman–Crippen MR) is 72.8 cm³/mol. The quantitative estimate of drug-likeness (QED) is 0.825. The summed E-state index contributed by atoms with van der Waals surface area (Å²) >= 11 is 0. The van der Waals surface area contributed by atoms with Crippen molar-refractivity contribution in [2.75, 3.05) is 18.0 Å². The molecule has 19 heavy (non-hydrogen) atoms. The Kier molecular flexibility index (Phi) is 2.96. The average Bonchev–Trinajstić information content (AvgIpc) is 3.08. The minimum Gasteiger partial charge on any atom is -0.419 e. The molecule has 1 aliphatic heterocycles. The number of nitrogens with zero attached hydrogens (tertiary/aromatic N) is 3. The summed E-state index contributed by atoms with van der Waals surface area (Å²) in [6.07, 6.45) is 2.29. The molecule has 4 heteroatoms. The molecule has 0 amide bonds. The molecule has 0 unspecified atom stereocenters. The first-order valence-electron chi connectivity index (χ1n) is 6.51. The Hall–Kier alpha value is -2.28. The van der Waals surface area contributed by atoms with Crippen LogP contribution in [0.4, 0.5) is 5.88 Å². The fourth-order valence-electron chi connectivity index (χ4n) is 2.34. The van der Waals surface area contributed by atoms with Crippen molar-refractivity contribution >= 4 is 5.88 Å². The number of aromatic nitrogens is 1. The summed E-state index contributed by atoms with van der Waals surface area (Å²) in [6, 6.07) is 10.1. The van der Waals surface area contributed by atoms with Gasteiger partial charge in [-0.3, -0.25) is 0 Å². The van der Waals surface area contributed by atoms with Crippen molar-refractivity contribution in [2.45, 2.75) is 19.8 Å². The zero-order valence-electron chi connectivity index (χ0n) is 10.9. The monoisotopic (exact) mass is 253 g/mol. The number of benzene rings is 1. The van der Waals surface area contributed by atoms with Gasteiger partial charge in [-0.15, -0.1) is 0 Å². The second-order valence-electron chi connectivity index (χ2n) is 4.84. The molecule has 96 valence electrons. The Labute approximate surface area is 112 Å². The zero-order valence-corrected chi connectivity index (χ0v) is 10.9. The summed E-state index contributed by atoms with van der Waals surface area (Å²) in [6.45, 7) is 3.92. The van der Waals surface area contributed by atoms with Gasteiger partial charge in [0.1, 0.15) is 6.07 Å². The van der Waals surface area contributed by atoms with Crippen molar-refractivity contribution in [3.63, 3.8) is 0 Å². The maximum atomic E-state index is 9.18. The lowest BCUT2D eigenvalue weighted by Gasteiger charge is -2.12. The number of hydrogen-bond acceptors (Lipinski definition) is 4. The van der Waals surface area contributed by atoms with Crippen molar-refractivity contribution in [3.8, 4) is 17.5 Å². The van der Waals surface area contributed by atoms with Crippen LogP contribution in [0, 0.1) is 18.3 Å². The lowest BCUT2D eigenvalue weighted by molar-refractivity contribution is 0.563. The van der Waals surface area contributed by atoms with Gasteiger partial charge in [-0.1, -0.05) is 17.7 Å². The topological polar surface area (TPSA) is 53.1 Å². The van der Waals surface area contributed by atoms with Gasteiger partial charge in [0, 0.05) is 18.7 Å². The van der Waals surface area contributed by atoms with E-state index in [2.05, 4.69) is 16.0 Å². The fraction of sp³-hybridized carbons (Fsp3) is 0.333.